The molecule has 0 spiro atoms. The van der Waals surface area contributed by atoms with Gasteiger partial charge in [-0.25, -0.2) is 23.1 Å². The lowest BCUT2D eigenvalue weighted by molar-refractivity contribution is -0.384. The van der Waals surface area contributed by atoms with E-state index in [1.807, 2.05) is 31.2 Å². The average Bonchev–Trinajstić information content (AvgIpc) is 3.28. The summed E-state index contributed by atoms with van der Waals surface area (Å²) in [6.45, 7) is 1.83. The number of non-ortho nitro benzene ring substituents is 1. The van der Waals surface area contributed by atoms with Crippen molar-refractivity contribution in [2.75, 3.05) is 17.1 Å². The van der Waals surface area contributed by atoms with Crippen LogP contribution in [0.3, 0.4) is 0 Å². The van der Waals surface area contributed by atoms with Crippen LogP contribution in [0.25, 0.3) is 39.5 Å². The Labute approximate surface area is 223 Å². The molecular formula is C27H21N7O4S. The molecular weight excluding hydrogens is 518 g/mol. The van der Waals surface area contributed by atoms with Crippen molar-refractivity contribution in [3.05, 3.63) is 94.7 Å². The molecule has 0 atom stereocenters. The second-order valence-corrected chi connectivity index (χ2v) is 10.9. The summed E-state index contributed by atoms with van der Waals surface area (Å²) in [5, 5.41) is 15.8. The molecule has 1 aliphatic rings. The number of rotatable bonds is 4. The van der Waals surface area contributed by atoms with E-state index in [0.717, 1.165) is 11.3 Å². The molecule has 1 aliphatic heterocycles. The van der Waals surface area contributed by atoms with Gasteiger partial charge in [-0.05, 0) is 43.3 Å². The molecule has 0 saturated carbocycles. The molecule has 3 heterocycles. The molecule has 0 radical (unpaired) electrons. The summed E-state index contributed by atoms with van der Waals surface area (Å²) in [7, 11) is -2.15. The average molecular weight is 540 g/mol. The molecule has 11 nitrogen and oxygen atoms in total. The first-order chi connectivity index (χ1) is 18.6. The number of benzene rings is 3. The first-order valence-corrected chi connectivity index (χ1v) is 13.3. The van der Waals surface area contributed by atoms with E-state index in [9.17, 15) is 18.5 Å². The van der Waals surface area contributed by atoms with Gasteiger partial charge in [0.15, 0.2) is 0 Å². The number of nitro benzene ring substituents is 1. The van der Waals surface area contributed by atoms with E-state index >= 15 is 0 Å². The fourth-order valence-electron chi connectivity index (χ4n) is 4.75. The third kappa shape index (κ3) is 3.89. The SMILES string of the molecule is Cc1c2c(nn1-c1ccc(-c3cc(-c4ccc([N+](=O)[O-])cc4)nc(N)n3)cc1)-c1ccccc1S(=O)(=O)N2C. The van der Waals surface area contributed by atoms with Gasteiger partial charge in [-0.1, -0.05) is 30.3 Å². The maximum absolute atomic E-state index is 13.1. The van der Waals surface area contributed by atoms with Crippen LogP contribution in [0, 0.1) is 17.0 Å². The molecule has 0 saturated heterocycles. The molecule has 5 aromatic rings. The lowest BCUT2D eigenvalue weighted by Crippen LogP contribution is -2.30. The topological polar surface area (TPSA) is 150 Å². The molecule has 0 bridgehead atoms. The van der Waals surface area contributed by atoms with Crippen LogP contribution in [-0.4, -0.2) is 40.1 Å². The highest BCUT2D eigenvalue weighted by Gasteiger charge is 2.36. The number of aromatic nitrogens is 4. The Hall–Kier alpha value is -5.10. The zero-order valence-electron chi connectivity index (χ0n) is 20.8. The van der Waals surface area contributed by atoms with Gasteiger partial charge in [-0.2, -0.15) is 5.10 Å². The summed E-state index contributed by atoms with van der Waals surface area (Å²) in [5.74, 6) is 0.0726. The molecule has 2 N–H and O–H groups in total. The number of hydrogen-bond acceptors (Lipinski definition) is 8. The Morgan fingerprint density at radius 2 is 1.49 bits per heavy atom. The van der Waals surface area contributed by atoms with E-state index in [1.165, 1.54) is 23.5 Å². The van der Waals surface area contributed by atoms with E-state index in [1.54, 1.807) is 47.1 Å². The molecule has 0 unspecified atom stereocenters. The maximum atomic E-state index is 13.1. The highest BCUT2D eigenvalue weighted by molar-refractivity contribution is 7.93. The summed E-state index contributed by atoms with van der Waals surface area (Å²) in [6.07, 6.45) is 0. The molecule has 3 aromatic carbocycles. The van der Waals surface area contributed by atoms with Crippen molar-refractivity contribution < 1.29 is 13.3 Å². The highest BCUT2D eigenvalue weighted by Crippen LogP contribution is 2.44. The second kappa shape index (κ2) is 8.74. The van der Waals surface area contributed by atoms with Gasteiger partial charge >= 0.3 is 0 Å². The van der Waals surface area contributed by atoms with Gasteiger partial charge in [-0.3, -0.25) is 14.4 Å². The van der Waals surface area contributed by atoms with Gasteiger partial charge in [0.2, 0.25) is 5.95 Å². The molecule has 194 valence electrons. The van der Waals surface area contributed by atoms with Crippen LogP contribution < -0.4 is 10.0 Å². The van der Waals surface area contributed by atoms with E-state index in [4.69, 9.17) is 10.8 Å². The number of nitrogens with two attached hydrogens (primary N) is 1. The molecule has 0 amide bonds. The van der Waals surface area contributed by atoms with Crippen molar-refractivity contribution in [3.8, 4) is 39.5 Å². The van der Waals surface area contributed by atoms with Crippen LogP contribution in [0.2, 0.25) is 0 Å². The molecule has 6 rings (SSSR count). The van der Waals surface area contributed by atoms with E-state index in [2.05, 4.69) is 9.97 Å². The Morgan fingerprint density at radius 1 is 0.897 bits per heavy atom. The first-order valence-electron chi connectivity index (χ1n) is 11.8. The normalized spacial score (nSPS) is 13.5. The van der Waals surface area contributed by atoms with Gasteiger partial charge in [0, 0.05) is 35.9 Å². The summed E-state index contributed by atoms with van der Waals surface area (Å²) in [5.41, 5.74) is 11.7. The van der Waals surface area contributed by atoms with E-state index in [0.29, 0.717) is 39.6 Å². The fraction of sp³-hybridized carbons (Fsp3) is 0.0741. The van der Waals surface area contributed by atoms with Crippen molar-refractivity contribution in [2.24, 2.45) is 0 Å². The molecule has 39 heavy (non-hydrogen) atoms. The minimum Gasteiger partial charge on any atom is -0.368 e. The summed E-state index contributed by atoms with van der Waals surface area (Å²) < 4.78 is 29.2. The van der Waals surface area contributed by atoms with Gasteiger partial charge in [0.05, 0.1) is 32.6 Å². The van der Waals surface area contributed by atoms with Crippen LogP contribution in [0.15, 0.2) is 83.8 Å². The number of fused-ring (bicyclic) bond motifs is 3. The number of anilines is 2. The molecule has 12 heteroatoms. The van der Waals surface area contributed by atoms with Crippen LogP contribution in [-0.2, 0) is 10.0 Å². The Morgan fingerprint density at radius 3 is 2.10 bits per heavy atom. The van der Waals surface area contributed by atoms with Crippen LogP contribution >= 0.6 is 0 Å². The zero-order chi connectivity index (χ0) is 27.5. The van der Waals surface area contributed by atoms with Crippen LogP contribution in [0.4, 0.5) is 17.3 Å². The maximum Gasteiger partial charge on any atom is 0.269 e. The monoisotopic (exact) mass is 539 g/mol. The van der Waals surface area contributed by atoms with E-state index < -0.39 is 14.9 Å². The molecule has 0 fully saturated rings. The molecule has 2 aromatic heterocycles. The smallest absolute Gasteiger partial charge is 0.269 e. The predicted molar refractivity (Wildman–Crippen MR) is 147 cm³/mol. The minimum atomic E-state index is -3.69. The van der Waals surface area contributed by atoms with Crippen LogP contribution in [0.5, 0.6) is 0 Å². The standard InChI is InChI=1S/C27H21N7O4S/c1-16-26-25(21-5-3-4-6-24(21)39(37,38)32(26)2)31-33(16)19-11-7-17(8-12-19)22-15-23(30-27(28)29-22)18-9-13-20(14-10-18)34(35)36/h3-15H,1-2H3,(H2,28,29,30). The van der Waals surface area contributed by atoms with Crippen molar-refractivity contribution in [3.63, 3.8) is 0 Å². The Bertz CT molecular complexity index is 1880. The van der Waals surface area contributed by atoms with Gasteiger partial charge in [-0.15, -0.1) is 0 Å². The summed E-state index contributed by atoms with van der Waals surface area (Å²) in [4.78, 5) is 19.4. The number of sulfonamides is 1. The van der Waals surface area contributed by atoms with Crippen molar-refractivity contribution >= 4 is 27.3 Å². The van der Waals surface area contributed by atoms with Crippen molar-refractivity contribution in [1.29, 1.82) is 0 Å². The fourth-order valence-corrected chi connectivity index (χ4v) is 6.19. The second-order valence-electron chi connectivity index (χ2n) is 9.01. The van der Waals surface area contributed by atoms with Crippen LogP contribution in [0.1, 0.15) is 5.69 Å². The van der Waals surface area contributed by atoms with Gasteiger partial charge in [0.1, 0.15) is 11.4 Å². The minimum absolute atomic E-state index is 0.0144. The largest absolute Gasteiger partial charge is 0.368 e. The highest BCUT2D eigenvalue weighted by atomic mass is 32.2. The third-order valence-electron chi connectivity index (χ3n) is 6.71. The summed E-state index contributed by atoms with van der Waals surface area (Å²) in [6, 6.07) is 22.1. The van der Waals surface area contributed by atoms with Crippen molar-refractivity contribution in [1.82, 2.24) is 19.7 Å². The lowest BCUT2D eigenvalue weighted by Gasteiger charge is -2.26. The first kappa shape index (κ1) is 24.2. The number of hydrogen-bond donors (Lipinski definition) is 1. The lowest BCUT2D eigenvalue weighted by atomic mass is 10.1. The molecule has 0 aliphatic carbocycles. The summed E-state index contributed by atoms with van der Waals surface area (Å²) >= 11 is 0. The van der Waals surface area contributed by atoms with Crippen molar-refractivity contribution in [2.45, 2.75) is 11.8 Å². The van der Waals surface area contributed by atoms with E-state index in [-0.39, 0.29) is 16.5 Å². The predicted octanol–water partition coefficient (Wildman–Crippen LogP) is 4.60. The third-order valence-corrected chi connectivity index (χ3v) is 8.52. The Balaban J connectivity index is 1.38. The number of nitro groups is 1. The van der Waals surface area contributed by atoms with Gasteiger partial charge < -0.3 is 5.73 Å². The quantitative estimate of drug-likeness (QED) is 0.257. The number of nitrogens with zero attached hydrogens (tertiary/aromatic N) is 6. The zero-order valence-corrected chi connectivity index (χ0v) is 21.6. The number of nitrogen functional groups attached to an aromatic ring is 1. The Kier molecular flexibility index (Phi) is 5.43. The van der Waals surface area contributed by atoms with Gasteiger partial charge in [0.25, 0.3) is 15.7 Å².